The van der Waals surface area contributed by atoms with Crippen molar-refractivity contribution < 1.29 is 29.0 Å². The van der Waals surface area contributed by atoms with Crippen LogP contribution in [0.5, 0.6) is 0 Å². The molecule has 0 radical (unpaired) electrons. The zero-order chi connectivity index (χ0) is 29.5. The van der Waals surface area contributed by atoms with Crippen molar-refractivity contribution in [3.8, 4) is 0 Å². The molecule has 0 saturated heterocycles. The van der Waals surface area contributed by atoms with Gasteiger partial charge in [0.25, 0.3) is 0 Å². The average molecular weight is 569 g/mol. The number of esters is 1. The van der Waals surface area contributed by atoms with Crippen LogP contribution in [0, 0.1) is 11.8 Å². The highest BCUT2D eigenvalue weighted by atomic mass is 32.1. The summed E-state index contributed by atoms with van der Waals surface area (Å²) in [6.07, 6.45) is 3.96. The van der Waals surface area contributed by atoms with Gasteiger partial charge < -0.3 is 25.4 Å². The summed E-state index contributed by atoms with van der Waals surface area (Å²) in [5.41, 5.74) is -0.111. The lowest BCUT2D eigenvalue weighted by Gasteiger charge is -2.39. The molecule has 0 aromatic carbocycles. The monoisotopic (exact) mass is 568 g/mol. The van der Waals surface area contributed by atoms with Crippen molar-refractivity contribution in [1.29, 1.82) is 0 Å². The highest BCUT2D eigenvalue weighted by Crippen LogP contribution is 2.31. The predicted molar refractivity (Wildman–Crippen MR) is 153 cm³/mol. The van der Waals surface area contributed by atoms with Gasteiger partial charge in [0.15, 0.2) is 11.8 Å². The van der Waals surface area contributed by atoms with Gasteiger partial charge in [-0.2, -0.15) is 0 Å². The molecule has 10 nitrogen and oxygen atoms in total. The SMILES string of the molecule is CCCN(C(=O)[C@@H](NC(=O)CCCCCNC)[C@@H](C)CC)[C@H](C[C@@H](OC(C)=O)c1nc(C(=O)O)cs1)C(C)C. The van der Waals surface area contributed by atoms with Gasteiger partial charge in [-0.15, -0.1) is 11.3 Å². The van der Waals surface area contributed by atoms with Gasteiger partial charge in [0.1, 0.15) is 11.0 Å². The van der Waals surface area contributed by atoms with Gasteiger partial charge in [0, 0.05) is 37.7 Å². The molecule has 0 spiro atoms. The van der Waals surface area contributed by atoms with Gasteiger partial charge in [-0.25, -0.2) is 9.78 Å². The van der Waals surface area contributed by atoms with Gasteiger partial charge in [-0.05, 0) is 44.7 Å². The molecule has 1 heterocycles. The summed E-state index contributed by atoms with van der Waals surface area (Å²) < 4.78 is 5.59. The third kappa shape index (κ3) is 11.6. The van der Waals surface area contributed by atoms with Crippen molar-refractivity contribution in [3.63, 3.8) is 0 Å². The molecule has 39 heavy (non-hydrogen) atoms. The van der Waals surface area contributed by atoms with Gasteiger partial charge in [-0.3, -0.25) is 14.4 Å². The number of amides is 2. The van der Waals surface area contributed by atoms with E-state index in [4.69, 9.17) is 4.74 Å². The number of unbranched alkanes of at least 4 members (excludes halogenated alkanes) is 2. The first-order valence-electron chi connectivity index (χ1n) is 14.1. The van der Waals surface area contributed by atoms with Gasteiger partial charge in [0.2, 0.25) is 11.8 Å². The minimum absolute atomic E-state index is 0.00192. The van der Waals surface area contributed by atoms with E-state index in [1.807, 2.05) is 41.7 Å². The van der Waals surface area contributed by atoms with Crippen LogP contribution < -0.4 is 10.6 Å². The maximum atomic E-state index is 14.1. The molecule has 0 unspecified atom stereocenters. The molecular formula is C28H48N4O6S. The number of carboxylic acid groups (broad SMARTS) is 1. The fourth-order valence-electron chi connectivity index (χ4n) is 4.46. The third-order valence-electron chi connectivity index (χ3n) is 6.82. The Balaban J connectivity index is 3.22. The fraction of sp³-hybridized carbons (Fsp3) is 0.750. The van der Waals surface area contributed by atoms with Crippen LogP contribution in [-0.2, 0) is 19.1 Å². The quantitative estimate of drug-likeness (QED) is 0.165. The molecule has 3 N–H and O–H groups in total. The Morgan fingerprint density at radius 1 is 1.13 bits per heavy atom. The van der Waals surface area contributed by atoms with Crippen LogP contribution in [0.25, 0.3) is 0 Å². The smallest absolute Gasteiger partial charge is 0.355 e. The standard InChI is InChI=1S/C28H48N4O6S/c1-8-15-32(27(35)25(19(5)9-2)31-24(34)13-11-10-12-14-29-7)22(18(3)4)16-23(38-20(6)33)26-30-21(17-39-26)28(36)37/h17-19,22-23,25,29H,8-16H2,1-7H3,(H,31,34)(H,36,37)/t19-,22+,23+,25-/m0/s1. The van der Waals surface area contributed by atoms with Gasteiger partial charge in [-0.1, -0.05) is 47.5 Å². The molecule has 0 aliphatic rings. The summed E-state index contributed by atoms with van der Waals surface area (Å²) >= 11 is 1.12. The summed E-state index contributed by atoms with van der Waals surface area (Å²) in [5, 5.41) is 17.2. The number of rotatable bonds is 19. The lowest BCUT2D eigenvalue weighted by Crippen LogP contribution is -2.55. The Bertz CT molecular complexity index is 922. The lowest BCUT2D eigenvalue weighted by molar-refractivity contribution is -0.149. The number of aromatic nitrogens is 1. The molecule has 4 atom stereocenters. The topological polar surface area (TPSA) is 138 Å². The molecule has 0 aliphatic carbocycles. The van der Waals surface area contributed by atoms with E-state index >= 15 is 0 Å². The predicted octanol–water partition coefficient (Wildman–Crippen LogP) is 4.41. The normalized spacial score (nSPS) is 14.4. The zero-order valence-electron chi connectivity index (χ0n) is 24.6. The van der Waals surface area contributed by atoms with E-state index < -0.39 is 24.1 Å². The van der Waals surface area contributed by atoms with Crippen LogP contribution in [0.1, 0.15) is 108 Å². The molecule has 11 heteroatoms. The van der Waals surface area contributed by atoms with Crippen molar-refractivity contribution in [1.82, 2.24) is 20.5 Å². The van der Waals surface area contributed by atoms with E-state index in [0.717, 1.165) is 43.6 Å². The number of hydrogen-bond acceptors (Lipinski definition) is 8. The number of hydrogen-bond donors (Lipinski definition) is 3. The maximum absolute atomic E-state index is 14.1. The van der Waals surface area contributed by atoms with Crippen LogP contribution in [-0.4, -0.2) is 71.0 Å². The lowest BCUT2D eigenvalue weighted by atomic mass is 9.92. The summed E-state index contributed by atoms with van der Waals surface area (Å²) in [4.78, 5) is 56.2. The summed E-state index contributed by atoms with van der Waals surface area (Å²) in [6, 6.07) is -0.998. The number of carboxylic acids is 1. The number of thiazole rings is 1. The van der Waals surface area contributed by atoms with Crippen LogP contribution in [0.15, 0.2) is 5.38 Å². The van der Waals surface area contributed by atoms with E-state index in [9.17, 15) is 24.3 Å². The Labute approximate surface area is 237 Å². The summed E-state index contributed by atoms with van der Waals surface area (Å²) in [6.45, 7) is 12.6. The largest absolute Gasteiger partial charge is 0.476 e. The van der Waals surface area contributed by atoms with Crippen LogP contribution >= 0.6 is 11.3 Å². The molecule has 0 fully saturated rings. The zero-order valence-corrected chi connectivity index (χ0v) is 25.4. The molecule has 1 rings (SSSR count). The number of nitrogens with zero attached hydrogens (tertiary/aromatic N) is 2. The first-order chi connectivity index (χ1) is 18.5. The highest BCUT2D eigenvalue weighted by Gasteiger charge is 2.36. The third-order valence-corrected chi connectivity index (χ3v) is 7.76. The number of ether oxygens (including phenoxy) is 1. The number of carbonyl (C=O) groups excluding carboxylic acids is 3. The van der Waals surface area contributed by atoms with Crippen LogP contribution in [0.2, 0.25) is 0 Å². The number of aromatic carboxylic acids is 1. The molecule has 0 bridgehead atoms. The Morgan fingerprint density at radius 2 is 1.82 bits per heavy atom. The molecule has 1 aromatic heterocycles. The Morgan fingerprint density at radius 3 is 2.33 bits per heavy atom. The molecule has 1 aromatic rings. The second-order valence-electron chi connectivity index (χ2n) is 10.4. The van der Waals surface area contributed by atoms with E-state index in [1.165, 1.54) is 12.3 Å². The second kappa shape index (κ2) is 17.9. The molecule has 2 amide bonds. The van der Waals surface area contributed by atoms with Crippen molar-refractivity contribution in [3.05, 3.63) is 16.1 Å². The Kier molecular flexibility index (Phi) is 15.9. The first kappa shape index (κ1) is 34.5. The van der Waals surface area contributed by atoms with Crippen LogP contribution in [0.4, 0.5) is 0 Å². The maximum Gasteiger partial charge on any atom is 0.355 e. The van der Waals surface area contributed by atoms with Gasteiger partial charge >= 0.3 is 11.9 Å². The number of nitrogens with one attached hydrogen (secondary N) is 2. The first-order valence-corrected chi connectivity index (χ1v) is 14.9. The highest BCUT2D eigenvalue weighted by molar-refractivity contribution is 7.09. The average Bonchev–Trinajstić information content (AvgIpc) is 3.38. The van der Waals surface area contributed by atoms with E-state index in [-0.39, 0.29) is 41.8 Å². The molecular weight excluding hydrogens is 520 g/mol. The molecule has 222 valence electrons. The van der Waals surface area contributed by atoms with E-state index in [0.29, 0.717) is 24.4 Å². The summed E-state index contributed by atoms with van der Waals surface area (Å²) in [5.74, 6) is -2.02. The second-order valence-corrected chi connectivity index (χ2v) is 11.3. The van der Waals surface area contributed by atoms with Gasteiger partial charge in [0.05, 0.1) is 0 Å². The van der Waals surface area contributed by atoms with Crippen LogP contribution in [0.3, 0.4) is 0 Å². The van der Waals surface area contributed by atoms with Crippen molar-refractivity contribution >= 4 is 35.1 Å². The molecule has 0 aliphatic heterocycles. The Hall–Kier alpha value is -2.53. The minimum atomic E-state index is -1.16. The van der Waals surface area contributed by atoms with Crippen molar-refractivity contribution in [2.45, 2.75) is 105 Å². The van der Waals surface area contributed by atoms with Crippen molar-refractivity contribution in [2.24, 2.45) is 11.8 Å². The minimum Gasteiger partial charge on any atom is -0.476 e. The van der Waals surface area contributed by atoms with E-state index in [2.05, 4.69) is 15.6 Å². The summed E-state index contributed by atoms with van der Waals surface area (Å²) in [7, 11) is 1.90. The molecule has 0 saturated carbocycles. The van der Waals surface area contributed by atoms with E-state index in [1.54, 1.807) is 4.90 Å². The van der Waals surface area contributed by atoms with Crippen molar-refractivity contribution in [2.75, 3.05) is 20.1 Å². The number of carbonyl (C=O) groups is 4. The fourth-order valence-corrected chi connectivity index (χ4v) is 5.30.